The number of hydrogen-bond acceptors (Lipinski definition) is 0. The molecule has 0 N–H and O–H groups in total. The third kappa shape index (κ3) is 4.50. The van der Waals surface area contributed by atoms with E-state index in [-0.39, 0.29) is 0 Å². The predicted molar refractivity (Wildman–Crippen MR) is 211 cm³/mol. The van der Waals surface area contributed by atoms with E-state index in [9.17, 15) is 0 Å². The molecule has 0 aliphatic heterocycles. The third-order valence-corrected chi connectivity index (χ3v) is 10.1. The van der Waals surface area contributed by atoms with Crippen LogP contribution in [0, 0.1) is 0 Å². The first-order chi connectivity index (χ1) is 24.8. The Labute approximate surface area is 290 Å². The Morgan fingerprint density at radius 2 is 0.680 bits per heavy atom. The molecule has 0 spiro atoms. The lowest BCUT2D eigenvalue weighted by Crippen LogP contribution is -1.94. The Hall–Kier alpha value is -6.64. The maximum atomic E-state index is 2.41. The minimum atomic E-state index is 1.16. The number of rotatable bonds is 5. The quantitative estimate of drug-likeness (QED) is 0.178. The smallest absolute Gasteiger partial charge is 0.0541 e. The van der Waals surface area contributed by atoms with Crippen molar-refractivity contribution in [3.05, 3.63) is 194 Å². The van der Waals surface area contributed by atoms with E-state index in [1.807, 2.05) is 0 Å². The van der Waals surface area contributed by atoms with Gasteiger partial charge in [-0.1, -0.05) is 133 Å². The van der Waals surface area contributed by atoms with E-state index in [0.29, 0.717) is 0 Å². The molecule has 2 heteroatoms. The van der Waals surface area contributed by atoms with Gasteiger partial charge in [-0.25, -0.2) is 0 Å². The van der Waals surface area contributed by atoms with Crippen LogP contribution in [0.5, 0.6) is 0 Å². The van der Waals surface area contributed by atoms with Crippen molar-refractivity contribution in [2.75, 3.05) is 0 Å². The second-order valence-electron chi connectivity index (χ2n) is 13.0. The fraction of sp³-hybridized carbons (Fsp3) is 0. The molecule has 10 rings (SSSR count). The number of aromatic nitrogens is 2. The average molecular weight is 637 g/mol. The normalized spacial score (nSPS) is 11.6. The van der Waals surface area contributed by atoms with Crippen LogP contribution < -0.4 is 0 Å². The Balaban J connectivity index is 1.13. The zero-order chi connectivity index (χ0) is 33.0. The first-order valence-electron chi connectivity index (χ1n) is 17.2. The molecule has 0 aliphatic rings. The van der Waals surface area contributed by atoms with E-state index < -0.39 is 0 Å². The molecule has 0 saturated carbocycles. The molecule has 0 aliphatic carbocycles. The zero-order valence-corrected chi connectivity index (χ0v) is 27.4. The molecule has 10 aromatic rings. The second-order valence-corrected chi connectivity index (χ2v) is 13.0. The molecule has 0 bridgehead atoms. The van der Waals surface area contributed by atoms with Crippen LogP contribution in [-0.4, -0.2) is 9.13 Å². The molecular weight excluding hydrogens is 605 g/mol. The van der Waals surface area contributed by atoms with Crippen molar-refractivity contribution in [3.63, 3.8) is 0 Å². The molecule has 2 heterocycles. The minimum Gasteiger partial charge on any atom is -0.309 e. The largest absolute Gasteiger partial charge is 0.309 e. The van der Waals surface area contributed by atoms with Crippen LogP contribution in [0.2, 0.25) is 0 Å². The lowest BCUT2D eigenvalue weighted by molar-refractivity contribution is 1.18. The summed E-state index contributed by atoms with van der Waals surface area (Å²) in [5.41, 5.74) is 14.5. The lowest BCUT2D eigenvalue weighted by Gasteiger charge is -2.13. The lowest BCUT2D eigenvalue weighted by atomic mass is 9.93. The summed E-state index contributed by atoms with van der Waals surface area (Å²) in [6.45, 7) is 0. The molecule has 0 unspecified atom stereocenters. The highest BCUT2D eigenvalue weighted by Crippen LogP contribution is 2.40. The SMILES string of the molecule is c1ccc(-c2cccc(-n3c4ccccc4c4cc(-c5ccccc5-c5ccc6c(c5)c5ccccc5n6-c5ccccc5)ccc43)c2)cc1. The van der Waals surface area contributed by atoms with Gasteiger partial charge in [-0.05, 0) is 94.0 Å². The van der Waals surface area contributed by atoms with Crippen LogP contribution in [0.4, 0.5) is 0 Å². The summed E-state index contributed by atoms with van der Waals surface area (Å²) in [4.78, 5) is 0. The molecule has 50 heavy (non-hydrogen) atoms. The van der Waals surface area contributed by atoms with E-state index >= 15 is 0 Å². The van der Waals surface area contributed by atoms with Gasteiger partial charge in [0.05, 0.1) is 22.1 Å². The van der Waals surface area contributed by atoms with Crippen molar-refractivity contribution >= 4 is 43.6 Å². The molecule has 0 fully saturated rings. The van der Waals surface area contributed by atoms with Gasteiger partial charge >= 0.3 is 0 Å². The van der Waals surface area contributed by atoms with E-state index in [2.05, 4.69) is 203 Å². The summed E-state index contributed by atoms with van der Waals surface area (Å²) in [7, 11) is 0. The van der Waals surface area contributed by atoms with Gasteiger partial charge in [0.1, 0.15) is 0 Å². The first-order valence-corrected chi connectivity index (χ1v) is 17.2. The molecule has 234 valence electrons. The van der Waals surface area contributed by atoms with Gasteiger partial charge in [-0.2, -0.15) is 0 Å². The maximum Gasteiger partial charge on any atom is 0.0541 e. The molecule has 0 saturated heterocycles. The molecule has 2 aromatic heterocycles. The van der Waals surface area contributed by atoms with Crippen LogP contribution >= 0.6 is 0 Å². The Bertz CT molecular complexity index is 2860. The molecule has 0 atom stereocenters. The molecule has 0 radical (unpaired) electrons. The maximum absolute atomic E-state index is 2.41. The summed E-state index contributed by atoms with van der Waals surface area (Å²) in [6.07, 6.45) is 0. The van der Waals surface area contributed by atoms with E-state index in [4.69, 9.17) is 0 Å². The van der Waals surface area contributed by atoms with Gasteiger partial charge in [0.2, 0.25) is 0 Å². The van der Waals surface area contributed by atoms with Gasteiger partial charge < -0.3 is 9.13 Å². The highest BCUT2D eigenvalue weighted by molar-refractivity contribution is 6.12. The van der Waals surface area contributed by atoms with Crippen molar-refractivity contribution in [1.29, 1.82) is 0 Å². The van der Waals surface area contributed by atoms with Crippen LogP contribution in [0.15, 0.2) is 194 Å². The summed E-state index contributed by atoms with van der Waals surface area (Å²) in [6, 6.07) is 70.4. The average Bonchev–Trinajstić information content (AvgIpc) is 3.71. The van der Waals surface area contributed by atoms with Gasteiger partial charge in [-0.3, -0.25) is 0 Å². The number of hydrogen-bond donors (Lipinski definition) is 0. The zero-order valence-electron chi connectivity index (χ0n) is 27.4. The molecule has 2 nitrogen and oxygen atoms in total. The fourth-order valence-corrected chi connectivity index (χ4v) is 7.86. The second kappa shape index (κ2) is 11.5. The van der Waals surface area contributed by atoms with Gasteiger partial charge in [-0.15, -0.1) is 0 Å². The summed E-state index contributed by atoms with van der Waals surface area (Å²) in [5.74, 6) is 0. The van der Waals surface area contributed by atoms with Crippen molar-refractivity contribution in [2.24, 2.45) is 0 Å². The van der Waals surface area contributed by atoms with Gasteiger partial charge in [0.15, 0.2) is 0 Å². The molecule has 8 aromatic carbocycles. The van der Waals surface area contributed by atoms with Crippen LogP contribution in [-0.2, 0) is 0 Å². The highest BCUT2D eigenvalue weighted by atomic mass is 15.0. The van der Waals surface area contributed by atoms with Crippen LogP contribution in [0.3, 0.4) is 0 Å². The van der Waals surface area contributed by atoms with E-state index in [1.165, 1.54) is 82.7 Å². The van der Waals surface area contributed by atoms with Crippen molar-refractivity contribution in [3.8, 4) is 44.8 Å². The number of nitrogens with zero attached hydrogens (tertiary/aromatic N) is 2. The Morgan fingerprint density at radius 1 is 0.240 bits per heavy atom. The summed E-state index contributed by atoms with van der Waals surface area (Å²) in [5, 5.41) is 5.02. The number of benzene rings is 8. The molecular formula is C48H32N2. The monoisotopic (exact) mass is 636 g/mol. The van der Waals surface area contributed by atoms with Crippen LogP contribution in [0.1, 0.15) is 0 Å². The Morgan fingerprint density at radius 3 is 1.28 bits per heavy atom. The van der Waals surface area contributed by atoms with E-state index in [1.54, 1.807) is 0 Å². The minimum absolute atomic E-state index is 1.16. The summed E-state index contributed by atoms with van der Waals surface area (Å²) >= 11 is 0. The Kier molecular flexibility index (Phi) is 6.53. The van der Waals surface area contributed by atoms with Crippen LogP contribution in [0.25, 0.3) is 88.4 Å². The first kappa shape index (κ1) is 28.4. The summed E-state index contributed by atoms with van der Waals surface area (Å²) < 4.78 is 4.78. The fourth-order valence-electron chi connectivity index (χ4n) is 7.86. The predicted octanol–water partition coefficient (Wildman–Crippen LogP) is 12.9. The topological polar surface area (TPSA) is 9.86 Å². The third-order valence-electron chi connectivity index (χ3n) is 10.1. The van der Waals surface area contributed by atoms with Gasteiger partial charge in [0, 0.05) is 32.9 Å². The number of fused-ring (bicyclic) bond motifs is 6. The standard InChI is InChI=1S/C48H32N2/c1-3-14-33(15-4-1)34-16-13-19-38(30-34)50-46-25-12-10-23-42(46)44-32-36(27-29-48(44)50)40-21-8-7-20-39(40)35-26-28-47-43(31-35)41-22-9-11-24-45(41)49(47)37-17-5-2-6-18-37/h1-32H. The highest BCUT2D eigenvalue weighted by Gasteiger charge is 2.17. The van der Waals surface area contributed by atoms with Crippen molar-refractivity contribution < 1.29 is 0 Å². The van der Waals surface area contributed by atoms with Crippen molar-refractivity contribution in [2.45, 2.75) is 0 Å². The van der Waals surface area contributed by atoms with Crippen molar-refractivity contribution in [1.82, 2.24) is 9.13 Å². The number of para-hydroxylation sites is 3. The van der Waals surface area contributed by atoms with E-state index in [0.717, 1.165) is 5.69 Å². The molecule has 0 amide bonds. The van der Waals surface area contributed by atoms with Gasteiger partial charge in [0.25, 0.3) is 0 Å².